The minimum Gasteiger partial charge on any atom is -0.353 e. The predicted octanol–water partition coefficient (Wildman–Crippen LogP) is 5.35. The van der Waals surface area contributed by atoms with Gasteiger partial charge in [-0.3, -0.25) is 9.78 Å². The number of amides is 1. The van der Waals surface area contributed by atoms with Crippen molar-refractivity contribution in [3.63, 3.8) is 0 Å². The maximum Gasteiger partial charge on any atom is 0.254 e. The molecule has 1 aliphatic heterocycles. The van der Waals surface area contributed by atoms with Crippen LogP contribution in [0.5, 0.6) is 0 Å². The SMILES string of the molecule is CC1=C(C(=O)Nc2ccccc2)[C@@H](c2cccnc2)C(C#N)=C(SCc2ccccc2)N1. The Morgan fingerprint density at radius 1 is 1.09 bits per heavy atom. The van der Waals surface area contributed by atoms with Crippen LogP contribution in [-0.4, -0.2) is 10.9 Å². The summed E-state index contributed by atoms with van der Waals surface area (Å²) in [4.78, 5) is 17.6. The lowest BCUT2D eigenvalue weighted by Gasteiger charge is -2.29. The molecule has 32 heavy (non-hydrogen) atoms. The number of thioether (sulfide) groups is 1. The number of dihydropyridines is 1. The molecular weight excluding hydrogens is 416 g/mol. The van der Waals surface area contributed by atoms with E-state index in [-0.39, 0.29) is 5.91 Å². The summed E-state index contributed by atoms with van der Waals surface area (Å²) in [7, 11) is 0. The van der Waals surface area contributed by atoms with Crippen molar-refractivity contribution < 1.29 is 4.79 Å². The third-order valence-electron chi connectivity index (χ3n) is 5.17. The van der Waals surface area contributed by atoms with Gasteiger partial charge < -0.3 is 10.6 Å². The largest absolute Gasteiger partial charge is 0.353 e. The molecule has 0 saturated carbocycles. The van der Waals surface area contributed by atoms with Crippen LogP contribution >= 0.6 is 11.8 Å². The van der Waals surface area contributed by atoms with Crippen LogP contribution in [0.2, 0.25) is 0 Å². The highest BCUT2D eigenvalue weighted by atomic mass is 32.2. The fourth-order valence-corrected chi connectivity index (χ4v) is 4.70. The number of anilines is 1. The molecule has 0 aliphatic carbocycles. The average Bonchev–Trinajstić information content (AvgIpc) is 2.84. The number of nitriles is 1. The van der Waals surface area contributed by atoms with Gasteiger partial charge in [-0.15, -0.1) is 11.8 Å². The van der Waals surface area contributed by atoms with Gasteiger partial charge in [-0.25, -0.2) is 0 Å². The van der Waals surface area contributed by atoms with Crippen LogP contribution in [0.4, 0.5) is 5.69 Å². The van der Waals surface area contributed by atoms with Crippen LogP contribution in [0, 0.1) is 11.3 Å². The number of nitrogens with one attached hydrogen (secondary N) is 2. The Morgan fingerprint density at radius 2 is 1.81 bits per heavy atom. The van der Waals surface area contributed by atoms with Crippen LogP contribution in [0.15, 0.2) is 107 Å². The highest BCUT2D eigenvalue weighted by Gasteiger charge is 2.34. The third kappa shape index (κ3) is 4.74. The second-order valence-corrected chi connectivity index (χ2v) is 8.32. The zero-order valence-electron chi connectivity index (χ0n) is 17.6. The number of para-hydroxylation sites is 1. The molecule has 0 unspecified atom stereocenters. The summed E-state index contributed by atoms with van der Waals surface area (Å²) in [6, 6.07) is 25.5. The normalized spacial score (nSPS) is 15.7. The lowest BCUT2D eigenvalue weighted by atomic mass is 9.83. The van der Waals surface area contributed by atoms with Crippen molar-refractivity contribution in [2.75, 3.05) is 5.32 Å². The number of benzene rings is 2. The smallest absolute Gasteiger partial charge is 0.254 e. The van der Waals surface area contributed by atoms with Crippen LogP contribution < -0.4 is 10.6 Å². The molecule has 0 bridgehead atoms. The third-order valence-corrected chi connectivity index (χ3v) is 6.26. The highest BCUT2D eigenvalue weighted by molar-refractivity contribution is 8.02. The quantitative estimate of drug-likeness (QED) is 0.542. The van der Waals surface area contributed by atoms with E-state index in [1.165, 1.54) is 0 Å². The summed E-state index contributed by atoms with van der Waals surface area (Å²) in [5.41, 5.74) is 4.43. The number of rotatable bonds is 6. The minimum absolute atomic E-state index is 0.241. The summed E-state index contributed by atoms with van der Waals surface area (Å²) in [6.07, 6.45) is 3.40. The molecule has 3 aromatic rings. The Balaban J connectivity index is 1.70. The van der Waals surface area contributed by atoms with E-state index in [4.69, 9.17) is 0 Å². The van der Waals surface area contributed by atoms with E-state index in [9.17, 15) is 10.1 Å². The summed E-state index contributed by atoms with van der Waals surface area (Å²) >= 11 is 1.56. The van der Waals surface area contributed by atoms with Gasteiger partial charge in [0.15, 0.2) is 0 Å². The summed E-state index contributed by atoms with van der Waals surface area (Å²) in [5.74, 6) is -0.0284. The van der Waals surface area contributed by atoms with Gasteiger partial charge in [0.05, 0.1) is 22.6 Å². The van der Waals surface area contributed by atoms with E-state index < -0.39 is 5.92 Å². The molecule has 158 valence electrons. The van der Waals surface area contributed by atoms with Crippen molar-refractivity contribution in [1.82, 2.24) is 10.3 Å². The topological polar surface area (TPSA) is 77.8 Å². The number of allylic oxidation sites excluding steroid dienone is 2. The fraction of sp³-hybridized carbons (Fsp3) is 0.115. The summed E-state index contributed by atoms with van der Waals surface area (Å²) in [6.45, 7) is 1.88. The first-order chi connectivity index (χ1) is 15.7. The van der Waals surface area contributed by atoms with Gasteiger partial charge >= 0.3 is 0 Å². The Labute approximate surface area is 191 Å². The van der Waals surface area contributed by atoms with Crippen molar-refractivity contribution in [3.8, 4) is 6.07 Å². The number of carbonyl (C=O) groups is 1. The highest BCUT2D eigenvalue weighted by Crippen LogP contribution is 2.41. The fourth-order valence-electron chi connectivity index (χ4n) is 3.66. The molecule has 0 fully saturated rings. The van der Waals surface area contributed by atoms with Crippen molar-refractivity contribution >= 4 is 23.4 Å². The van der Waals surface area contributed by atoms with Crippen molar-refractivity contribution in [1.29, 1.82) is 5.26 Å². The van der Waals surface area contributed by atoms with Gasteiger partial charge in [0, 0.05) is 35.1 Å². The molecule has 0 radical (unpaired) electrons. The van der Waals surface area contributed by atoms with Crippen molar-refractivity contribution in [2.45, 2.75) is 18.6 Å². The Hall–Kier alpha value is -3.82. The zero-order chi connectivity index (χ0) is 22.3. The molecule has 5 nitrogen and oxygen atoms in total. The molecule has 2 heterocycles. The molecule has 1 aromatic heterocycles. The second-order valence-electron chi connectivity index (χ2n) is 7.33. The molecule has 1 atom stereocenters. The second kappa shape index (κ2) is 9.99. The predicted molar refractivity (Wildman–Crippen MR) is 128 cm³/mol. The van der Waals surface area contributed by atoms with E-state index in [0.717, 1.165) is 21.9 Å². The summed E-state index contributed by atoms with van der Waals surface area (Å²) < 4.78 is 0. The van der Waals surface area contributed by atoms with Gasteiger partial charge in [0.2, 0.25) is 0 Å². The maximum absolute atomic E-state index is 13.3. The first-order valence-corrected chi connectivity index (χ1v) is 11.2. The van der Waals surface area contributed by atoms with Gasteiger partial charge in [0.1, 0.15) is 0 Å². The van der Waals surface area contributed by atoms with Gasteiger partial charge in [-0.1, -0.05) is 54.6 Å². The molecular formula is C26H22N4OS. The van der Waals surface area contributed by atoms with E-state index in [0.29, 0.717) is 22.6 Å². The van der Waals surface area contributed by atoms with Crippen LogP contribution in [-0.2, 0) is 10.5 Å². The molecule has 6 heteroatoms. The number of aromatic nitrogens is 1. The van der Waals surface area contributed by atoms with Crippen LogP contribution in [0.1, 0.15) is 24.0 Å². The number of pyridine rings is 1. The monoisotopic (exact) mass is 438 g/mol. The van der Waals surface area contributed by atoms with Gasteiger partial charge in [-0.2, -0.15) is 5.26 Å². The van der Waals surface area contributed by atoms with Crippen molar-refractivity contribution in [2.24, 2.45) is 0 Å². The molecule has 0 saturated heterocycles. The number of carbonyl (C=O) groups excluding carboxylic acids is 1. The van der Waals surface area contributed by atoms with Gasteiger partial charge in [-0.05, 0) is 36.2 Å². The van der Waals surface area contributed by atoms with Crippen LogP contribution in [0.25, 0.3) is 0 Å². The molecule has 4 rings (SSSR count). The zero-order valence-corrected chi connectivity index (χ0v) is 18.4. The lowest BCUT2D eigenvalue weighted by molar-refractivity contribution is -0.113. The Kier molecular flexibility index (Phi) is 6.69. The maximum atomic E-state index is 13.3. The average molecular weight is 439 g/mol. The number of hydrogen-bond donors (Lipinski definition) is 2. The molecule has 2 aromatic carbocycles. The first kappa shape index (κ1) is 21.4. The molecule has 2 N–H and O–H groups in total. The number of nitrogens with zero attached hydrogens (tertiary/aromatic N) is 2. The molecule has 0 spiro atoms. The Bertz CT molecular complexity index is 1200. The Morgan fingerprint density at radius 3 is 2.47 bits per heavy atom. The van der Waals surface area contributed by atoms with Crippen LogP contribution in [0.3, 0.4) is 0 Å². The van der Waals surface area contributed by atoms with E-state index in [1.54, 1.807) is 24.2 Å². The lowest BCUT2D eigenvalue weighted by Crippen LogP contribution is -2.30. The van der Waals surface area contributed by atoms with E-state index >= 15 is 0 Å². The van der Waals surface area contributed by atoms with Crippen molar-refractivity contribution in [3.05, 3.63) is 118 Å². The standard InChI is InChI=1S/C26H22N4OS/c1-18-23(25(31)30-21-12-6-3-7-13-21)24(20-11-8-14-28-16-20)22(15-27)26(29-18)32-17-19-9-4-2-5-10-19/h2-14,16,24,29H,17H2,1H3,(H,30,31)/t24-/m0/s1. The first-order valence-electron chi connectivity index (χ1n) is 10.2. The van der Waals surface area contributed by atoms with E-state index in [2.05, 4.69) is 33.8 Å². The van der Waals surface area contributed by atoms with E-state index in [1.807, 2.05) is 67.6 Å². The number of hydrogen-bond acceptors (Lipinski definition) is 5. The molecule has 1 aliphatic rings. The van der Waals surface area contributed by atoms with Gasteiger partial charge in [0.25, 0.3) is 5.91 Å². The summed E-state index contributed by atoms with van der Waals surface area (Å²) in [5, 5.41) is 17.2. The molecule has 1 amide bonds. The minimum atomic E-state index is -0.503.